The fraction of sp³-hybridized carbons (Fsp3) is 0.500. The number of hydrogen-bond donors (Lipinski definition) is 2. The fourth-order valence-corrected chi connectivity index (χ4v) is 5.44. The first-order chi connectivity index (χ1) is 13.5. The molecule has 1 saturated carbocycles. The van der Waals surface area contributed by atoms with E-state index in [0.717, 1.165) is 30.8 Å². The Kier molecular flexibility index (Phi) is 3.87. The SMILES string of the molecule is O=C1CCC(N2C(=O)c3ccc(F)c(C4[C@@H]5CC[C@H]4CNC5)c3C2=O)C(=O)N1. The van der Waals surface area contributed by atoms with Crippen LogP contribution in [0.3, 0.4) is 0 Å². The molecular weight excluding hydrogens is 365 g/mol. The fourth-order valence-electron chi connectivity index (χ4n) is 5.44. The first kappa shape index (κ1) is 17.5. The second-order valence-electron chi connectivity index (χ2n) is 8.11. The van der Waals surface area contributed by atoms with E-state index in [-0.39, 0.29) is 41.7 Å². The molecule has 3 heterocycles. The van der Waals surface area contributed by atoms with Gasteiger partial charge in [0.25, 0.3) is 11.8 Å². The molecule has 4 aliphatic rings. The molecular formula is C20H20FN3O4. The maximum atomic E-state index is 15.0. The first-order valence-corrected chi connectivity index (χ1v) is 9.72. The summed E-state index contributed by atoms with van der Waals surface area (Å²) >= 11 is 0. The number of imide groups is 2. The van der Waals surface area contributed by atoms with Crippen LogP contribution in [0.15, 0.2) is 12.1 Å². The molecule has 1 aliphatic carbocycles. The van der Waals surface area contributed by atoms with Crippen LogP contribution in [0.25, 0.3) is 0 Å². The van der Waals surface area contributed by atoms with Crippen LogP contribution >= 0.6 is 0 Å². The van der Waals surface area contributed by atoms with Crippen LogP contribution < -0.4 is 10.6 Å². The van der Waals surface area contributed by atoms with E-state index in [2.05, 4.69) is 10.6 Å². The molecule has 4 atom stereocenters. The molecule has 1 aromatic carbocycles. The summed E-state index contributed by atoms with van der Waals surface area (Å²) in [5.74, 6) is -2.40. The highest BCUT2D eigenvalue weighted by atomic mass is 19.1. The third-order valence-electron chi connectivity index (χ3n) is 6.67. The Morgan fingerprint density at radius 1 is 0.964 bits per heavy atom. The minimum Gasteiger partial charge on any atom is -0.316 e. The molecule has 0 aromatic heterocycles. The Morgan fingerprint density at radius 2 is 1.68 bits per heavy atom. The van der Waals surface area contributed by atoms with Crippen LogP contribution in [0.2, 0.25) is 0 Å². The number of carbonyl (C=O) groups excluding carboxylic acids is 4. The van der Waals surface area contributed by atoms with Crippen molar-refractivity contribution in [1.82, 2.24) is 15.5 Å². The molecule has 8 heteroatoms. The van der Waals surface area contributed by atoms with Gasteiger partial charge in [-0.05, 0) is 62.2 Å². The highest BCUT2D eigenvalue weighted by Gasteiger charge is 2.49. The van der Waals surface area contributed by atoms with Gasteiger partial charge in [-0.3, -0.25) is 29.4 Å². The van der Waals surface area contributed by atoms with Crippen LogP contribution in [0.4, 0.5) is 4.39 Å². The van der Waals surface area contributed by atoms with Crippen molar-refractivity contribution >= 4 is 23.6 Å². The quantitative estimate of drug-likeness (QED) is 0.739. The van der Waals surface area contributed by atoms with Gasteiger partial charge in [0.15, 0.2) is 0 Å². The van der Waals surface area contributed by atoms with E-state index in [0.29, 0.717) is 5.56 Å². The van der Waals surface area contributed by atoms with Crippen molar-refractivity contribution in [2.75, 3.05) is 13.1 Å². The largest absolute Gasteiger partial charge is 0.316 e. The molecule has 1 aromatic rings. The second-order valence-corrected chi connectivity index (χ2v) is 8.11. The number of carbonyl (C=O) groups is 4. The molecule has 0 spiro atoms. The zero-order valence-corrected chi connectivity index (χ0v) is 15.2. The molecule has 3 fully saturated rings. The van der Waals surface area contributed by atoms with Crippen molar-refractivity contribution < 1.29 is 23.6 Å². The molecule has 2 unspecified atom stereocenters. The van der Waals surface area contributed by atoms with Gasteiger partial charge < -0.3 is 5.32 Å². The summed E-state index contributed by atoms with van der Waals surface area (Å²) in [6.45, 7) is 1.53. The molecule has 7 nitrogen and oxygen atoms in total. The maximum absolute atomic E-state index is 15.0. The van der Waals surface area contributed by atoms with E-state index in [1.165, 1.54) is 12.1 Å². The summed E-state index contributed by atoms with van der Waals surface area (Å²) < 4.78 is 15.0. The number of fused-ring (bicyclic) bond motifs is 3. The van der Waals surface area contributed by atoms with Crippen molar-refractivity contribution in [3.8, 4) is 0 Å². The van der Waals surface area contributed by atoms with E-state index in [9.17, 15) is 23.6 Å². The minimum atomic E-state index is -1.04. The van der Waals surface area contributed by atoms with Crippen molar-refractivity contribution in [3.05, 3.63) is 34.6 Å². The molecule has 2 bridgehead atoms. The lowest BCUT2D eigenvalue weighted by Crippen LogP contribution is -2.54. The third-order valence-corrected chi connectivity index (χ3v) is 6.67. The summed E-state index contributed by atoms with van der Waals surface area (Å²) in [7, 11) is 0. The van der Waals surface area contributed by atoms with Crippen LogP contribution in [0.1, 0.15) is 57.9 Å². The summed E-state index contributed by atoms with van der Waals surface area (Å²) in [6, 6.07) is 1.56. The number of nitrogens with one attached hydrogen (secondary N) is 2. The van der Waals surface area contributed by atoms with Gasteiger partial charge in [-0.15, -0.1) is 0 Å². The summed E-state index contributed by atoms with van der Waals surface area (Å²) in [5.41, 5.74) is 0.599. The van der Waals surface area contributed by atoms with Crippen molar-refractivity contribution in [3.63, 3.8) is 0 Å². The third kappa shape index (κ3) is 2.37. The second kappa shape index (κ2) is 6.20. The summed E-state index contributed by atoms with van der Waals surface area (Å²) in [6.07, 6.45) is 2.07. The Balaban J connectivity index is 1.58. The van der Waals surface area contributed by atoms with Crippen molar-refractivity contribution in [1.29, 1.82) is 0 Å². The van der Waals surface area contributed by atoms with E-state index in [4.69, 9.17) is 0 Å². The van der Waals surface area contributed by atoms with Gasteiger partial charge >= 0.3 is 0 Å². The molecule has 0 radical (unpaired) electrons. The van der Waals surface area contributed by atoms with Gasteiger partial charge in [0.2, 0.25) is 11.8 Å². The number of halogens is 1. The Morgan fingerprint density at radius 3 is 2.36 bits per heavy atom. The van der Waals surface area contributed by atoms with Crippen molar-refractivity contribution in [2.24, 2.45) is 11.8 Å². The van der Waals surface area contributed by atoms with E-state index >= 15 is 0 Å². The zero-order valence-electron chi connectivity index (χ0n) is 15.2. The number of amides is 4. The Hall–Kier alpha value is -2.61. The van der Waals surface area contributed by atoms with Gasteiger partial charge in [-0.2, -0.15) is 0 Å². The molecule has 28 heavy (non-hydrogen) atoms. The minimum absolute atomic E-state index is 0.0590. The topological polar surface area (TPSA) is 95.6 Å². The Bertz CT molecular complexity index is 914. The van der Waals surface area contributed by atoms with Gasteiger partial charge in [-0.25, -0.2) is 4.39 Å². The van der Waals surface area contributed by atoms with Crippen LogP contribution in [-0.4, -0.2) is 47.7 Å². The highest BCUT2D eigenvalue weighted by Crippen LogP contribution is 2.49. The molecule has 2 N–H and O–H groups in total. The van der Waals surface area contributed by atoms with Crippen LogP contribution in [0, 0.1) is 17.7 Å². The standard InChI is InChI=1S/C20H20FN3O4/c21-12-4-3-11-16(17(12)15-9-1-2-10(15)8-22-7-9)20(28)24(19(11)27)13-5-6-14(25)23-18(13)26/h3-4,9-10,13,15,22H,1-2,5-8H2,(H,23,25,26)/t9-,10+,13?,15?. The normalized spacial score (nSPS) is 32.0. The average molecular weight is 385 g/mol. The Labute approximate surface area is 160 Å². The number of nitrogens with zero attached hydrogens (tertiary/aromatic N) is 1. The number of hydrogen-bond acceptors (Lipinski definition) is 5. The molecule has 5 rings (SSSR count). The van der Waals surface area contributed by atoms with Gasteiger partial charge in [0.05, 0.1) is 11.1 Å². The van der Waals surface area contributed by atoms with E-state index in [1.807, 2.05) is 0 Å². The smallest absolute Gasteiger partial charge is 0.262 e. The van der Waals surface area contributed by atoms with Gasteiger partial charge in [-0.1, -0.05) is 0 Å². The monoisotopic (exact) mass is 385 g/mol. The van der Waals surface area contributed by atoms with Crippen LogP contribution in [-0.2, 0) is 9.59 Å². The van der Waals surface area contributed by atoms with Gasteiger partial charge in [0, 0.05) is 12.0 Å². The number of rotatable bonds is 2. The molecule has 4 amide bonds. The lowest BCUT2D eigenvalue weighted by molar-refractivity contribution is -0.136. The molecule has 2 saturated heterocycles. The predicted octanol–water partition coefficient (Wildman–Crippen LogP) is 0.940. The first-order valence-electron chi connectivity index (χ1n) is 9.72. The zero-order chi connectivity index (χ0) is 19.6. The lowest BCUT2D eigenvalue weighted by atomic mass is 9.78. The molecule has 3 aliphatic heterocycles. The maximum Gasteiger partial charge on any atom is 0.262 e. The predicted molar refractivity (Wildman–Crippen MR) is 94.9 cm³/mol. The van der Waals surface area contributed by atoms with E-state index < -0.39 is 35.5 Å². The highest BCUT2D eigenvalue weighted by molar-refractivity contribution is 6.24. The lowest BCUT2D eigenvalue weighted by Gasteiger charge is -2.32. The van der Waals surface area contributed by atoms with E-state index in [1.54, 1.807) is 0 Å². The molecule has 146 valence electrons. The van der Waals surface area contributed by atoms with Crippen LogP contribution in [0.5, 0.6) is 0 Å². The average Bonchev–Trinajstić information content (AvgIpc) is 3.04. The van der Waals surface area contributed by atoms with Gasteiger partial charge in [0.1, 0.15) is 11.9 Å². The summed E-state index contributed by atoms with van der Waals surface area (Å²) in [5, 5.41) is 5.54. The number of benzene rings is 1. The number of piperidine rings is 2. The van der Waals surface area contributed by atoms with Crippen molar-refractivity contribution in [2.45, 2.75) is 37.6 Å². The summed E-state index contributed by atoms with van der Waals surface area (Å²) in [4.78, 5) is 50.8.